The molecule has 0 atom stereocenters. The Labute approximate surface area is 120 Å². The molecule has 0 saturated heterocycles. The summed E-state index contributed by atoms with van der Waals surface area (Å²) in [6.07, 6.45) is 0. The predicted molar refractivity (Wildman–Crippen MR) is 70.6 cm³/mol. The Morgan fingerprint density at radius 1 is 0.810 bits per heavy atom. The van der Waals surface area contributed by atoms with Crippen LogP contribution in [0.25, 0.3) is 0 Å². The third-order valence-corrected chi connectivity index (χ3v) is 2.57. The highest BCUT2D eigenvalue weighted by atomic mass is 19.1. The molecule has 0 aromatic heterocycles. The predicted octanol–water partition coefficient (Wildman–Crippen LogP) is 2.43. The number of halogens is 2. The van der Waals surface area contributed by atoms with Crippen LogP contribution < -0.4 is 9.31 Å². The van der Waals surface area contributed by atoms with E-state index in [1.165, 1.54) is 24.3 Å². The number of hydrogen-bond donors (Lipinski definition) is 0. The van der Waals surface area contributed by atoms with E-state index >= 15 is 0 Å². The average molecular weight is 284 g/mol. The van der Waals surface area contributed by atoms with Gasteiger partial charge in [-0.3, -0.25) is 0 Å². The highest BCUT2D eigenvalue weighted by molar-refractivity contribution is 6.20. The maximum absolute atomic E-state index is 13.3. The standard InChI is InChI=1S/C14H7BF2N2O2/c16-13-5-11(3-1-9(13)7-18)20-15-21-12-4-2-10(8-19)14(17)6-12/h1-6,15H. The zero-order valence-electron chi connectivity index (χ0n) is 10.6. The molecule has 0 spiro atoms. The van der Waals surface area contributed by atoms with Crippen LogP contribution in [0, 0.1) is 34.3 Å². The van der Waals surface area contributed by atoms with Gasteiger partial charge in [0.2, 0.25) is 0 Å². The fraction of sp³-hybridized carbons (Fsp3) is 0. The van der Waals surface area contributed by atoms with Crippen LogP contribution in [-0.2, 0) is 0 Å². The molecule has 21 heavy (non-hydrogen) atoms. The van der Waals surface area contributed by atoms with Gasteiger partial charge in [-0.05, 0) is 24.3 Å². The molecule has 7 heteroatoms. The minimum absolute atomic E-state index is 0.0857. The van der Waals surface area contributed by atoms with Crippen LogP contribution in [0.3, 0.4) is 0 Å². The van der Waals surface area contributed by atoms with Crippen molar-refractivity contribution < 1.29 is 18.1 Å². The van der Waals surface area contributed by atoms with E-state index in [4.69, 9.17) is 19.8 Å². The highest BCUT2D eigenvalue weighted by Gasteiger charge is 2.07. The normalized spacial score (nSPS) is 9.33. The summed E-state index contributed by atoms with van der Waals surface area (Å²) in [5, 5.41) is 17.2. The lowest BCUT2D eigenvalue weighted by molar-refractivity contribution is 0.454. The lowest BCUT2D eigenvalue weighted by atomic mass is 10.2. The first-order valence-corrected chi connectivity index (χ1v) is 5.79. The molecule has 0 aliphatic rings. The summed E-state index contributed by atoms with van der Waals surface area (Å²) >= 11 is 0. The molecule has 102 valence electrons. The highest BCUT2D eigenvalue weighted by Crippen LogP contribution is 2.18. The van der Waals surface area contributed by atoms with Crippen molar-refractivity contribution in [2.45, 2.75) is 0 Å². The fourth-order valence-corrected chi connectivity index (χ4v) is 1.52. The van der Waals surface area contributed by atoms with Gasteiger partial charge >= 0.3 is 7.69 Å². The molecule has 0 N–H and O–H groups in total. The smallest absolute Gasteiger partial charge is 0.528 e. The first kappa shape index (κ1) is 14.4. The molecule has 0 radical (unpaired) electrons. The maximum atomic E-state index is 13.3. The molecule has 0 heterocycles. The van der Waals surface area contributed by atoms with E-state index in [1.54, 1.807) is 12.1 Å². The molecule has 0 unspecified atom stereocenters. The minimum atomic E-state index is -0.695. The first-order chi connectivity index (χ1) is 10.1. The number of hydrogen-bond acceptors (Lipinski definition) is 4. The van der Waals surface area contributed by atoms with Crippen LogP contribution in [0.1, 0.15) is 11.1 Å². The molecule has 0 aliphatic heterocycles. The Balaban J connectivity index is 1.96. The Bertz CT molecular complexity index is 690. The van der Waals surface area contributed by atoms with Crippen LogP contribution >= 0.6 is 0 Å². The molecule has 2 rings (SSSR count). The zero-order chi connectivity index (χ0) is 15.2. The van der Waals surface area contributed by atoms with Gasteiger partial charge in [0.1, 0.15) is 35.3 Å². The molecule has 0 saturated carbocycles. The summed E-state index contributed by atoms with van der Waals surface area (Å²) in [6, 6.07) is 10.9. The van der Waals surface area contributed by atoms with Gasteiger partial charge in [0, 0.05) is 12.1 Å². The SMILES string of the molecule is N#Cc1ccc(OBOc2ccc(C#N)c(F)c2)cc1F. The van der Waals surface area contributed by atoms with Gasteiger partial charge in [-0.2, -0.15) is 10.5 Å². The largest absolute Gasteiger partial charge is 0.576 e. The Kier molecular flexibility index (Phi) is 4.38. The molecule has 0 fully saturated rings. The van der Waals surface area contributed by atoms with Gasteiger partial charge < -0.3 is 9.31 Å². The quantitative estimate of drug-likeness (QED) is 0.809. The van der Waals surface area contributed by atoms with Crippen LogP contribution in [0.2, 0.25) is 0 Å². The number of rotatable bonds is 4. The molecular weight excluding hydrogens is 277 g/mol. The third kappa shape index (κ3) is 3.49. The topological polar surface area (TPSA) is 66.0 Å². The van der Waals surface area contributed by atoms with Crippen molar-refractivity contribution in [3.8, 4) is 23.6 Å². The summed E-state index contributed by atoms with van der Waals surface area (Å²) in [5.41, 5.74) is -0.171. The van der Waals surface area contributed by atoms with Crippen molar-refractivity contribution in [3.05, 3.63) is 59.2 Å². The maximum Gasteiger partial charge on any atom is 0.576 e. The van der Waals surface area contributed by atoms with E-state index < -0.39 is 11.6 Å². The van der Waals surface area contributed by atoms with E-state index in [0.29, 0.717) is 0 Å². The summed E-state index contributed by atoms with van der Waals surface area (Å²) < 4.78 is 36.9. The fourth-order valence-electron chi connectivity index (χ4n) is 1.52. The van der Waals surface area contributed by atoms with E-state index in [0.717, 1.165) is 12.1 Å². The Morgan fingerprint density at radius 3 is 1.57 bits per heavy atom. The minimum Gasteiger partial charge on any atom is -0.528 e. The van der Waals surface area contributed by atoms with Crippen LogP contribution in [0.5, 0.6) is 11.5 Å². The summed E-state index contributed by atoms with van der Waals surface area (Å²) in [5.74, 6) is -1.03. The zero-order valence-corrected chi connectivity index (χ0v) is 10.6. The lowest BCUT2D eigenvalue weighted by Gasteiger charge is -2.08. The van der Waals surface area contributed by atoms with Crippen LogP contribution in [0.4, 0.5) is 8.78 Å². The van der Waals surface area contributed by atoms with Crippen molar-refractivity contribution in [3.63, 3.8) is 0 Å². The third-order valence-electron chi connectivity index (χ3n) is 2.57. The van der Waals surface area contributed by atoms with Crippen molar-refractivity contribution >= 4 is 7.69 Å². The van der Waals surface area contributed by atoms with E-state index in [2.05, 4.69) is 0 Å². The molecule has 2 aromatic carbocycles. The second kappa shape index (κ2) is 6.40. The van der Waals surface area contributed by atoms with Gasteiger partial charge in [-0.15, -0.1) is 0 Å². The second-order valence-electron chi connectivity index (χ2n) is 3.91. The van der Waals surface area contributed by atoms with Crippen molar-refractivity contribution in [1.82, 2.24) is 0 Å². The van der Waals surface area contributed by atoms with Crippen molar-refractivity contribution in [2.75, 3.05) is 0 Å². The van der Waals surface area contributed by atoms with Gasteiger partial charge in [0.15, 0.2) is 0 Å². The van der Waals surface area contributed by atoms with Gasteiger partial charge in [-0.1, -0.05) is 0 Å². The molecule has 2 aromatic rings. The number of benzene rings is 2. The van der Waals surface area contributed by atoms with Gasteiger partial charge in [0.05, 0.1) is 11.1 Å². The summed E-state index contributed by atoms with van der Waals surface area (Å²) in [4.78, 5) is 0. The van der Waals surface area contributed by atoms with E-state index in [9.17, 15) is 8.78 Å². The van der Waals surface area contributed by atoms with Crippen LogP contribution in [0.15, 0.2) is 36.4 Å². The van der Waals surface area contributed by atoms with E-state index in [-0.39, 0.29) is 30.3 Å². The number of nitriles is 2. The van der Waals surface area contributed by atoms with Crippen molar-refractivity contribution in [2.24, 2.45) is 0 Å². The lowest BCUT2D eigenvalue weighted by Crippen LogP contribution is -2.11. The van der Waals surface area contributed by atoms with Gasteiger partial charge in [-0.25, -0.2) is 8.78 Å². The second-order valence-corrected chi connectivity index (χ2v) is 3.91. The average Bonchev–Trinajstić information content (AvgIpc) is 2.48. The Morgan fingerprint density at radius 2 is 1.24 bits per heavy atom. The van der Waals surface area contributed by atoms with Gasteiger partial charge in [0.25, 0.3) is 0 Å². The first-order valence-electron chi connectivity index (χ1n) is 5.79. The molecule has 4 nitrogen and oxygen atoms in total. The summed E-state index contributed by atoms with van der Waals surface area (Å²) in [7, 11) is -0.267. The summed E-state index contributed by atoms with van der Waals surface area (Å²) in [6.45, 7) is 0. The van der Waals surface area contributed by atoms with Crippen LogP contribution in [-0.4, -0.2) is 7.69 Å². The monoisotopic (exact) mass is 284 g/mol. The molecule has 0 aliphatic carbocycles. The molecule has 0 bridgehead atoms. The number of nitrogens with zero attached hydrogens (tertiary/aromatic N) is 2. The molecule has 0 amide bonds. The molecular formula is C14H7BF2N2O2. The Hall–Kier alpha value is -3.06. The van der Waals surface area contributed by atoms with Crippen molar-refractivity contribution in [1.29, 1.82) is 10.5 Å². The van der Waals surface area contributed by atoms with E-state index in [1.807, 2.05) is 0 Å².